The van der Waals surface area contributed by atoms with E-state index in [2.05, 4.69) is 124 Å². The van der Waals surface area contributed by atoms with Crippen molar-refractivity contribution in [3.8, 4) is 45.5 Å². The lowest BCUT2D eigenvalue weighted by Crippen LogP contribution is -2.08. The van der Waals surface area contributed by atoms with Gasteiger partial charge in [-0.1, -0.05) is 115 Å². The average Bonchev–Trinajstić information content (AvgIpc) is 3.71. The molecule has 0 fully saturated rings. The highest BCUT2D eigenvalue weighted by atomic mass is 15.2. The van der Waals surface area contributed by atoms with E-state index in [1.807, 2.05) is 54.7 Å². The van der Waals surface area contributed by atoms with Gasteiger partial charge < -0.3 is 0 Å². The zero-order valence-electron chi connectivity index (χ0n) is 26.8. The molecule has 10 rings (SSSR count). The molecule has 6 heteroatoms. The van der Waals surface area contributed by atoms with Crippen molar-refractivity contribution in [3.05, 3.63) is 170 Å². The highest BCUT2D eigenvalue weighted by Crippen LogP contribution is 2.37. The van der Waals surface area contributed by atoms with Crippen LogP contribution in [-0.2, 0) is 0 Å². The number of para-hydroxylation sites is 3. The molecule has 50 heavy (non-hydrogen) atoms. The van der Waals surface area contributed by atoms with Gasteiger partial charge in [-0.2, -0.15) is 9.97 Å². The van der Waals surface area contributed by atoms with Crippen molar-refractivity contribution < 1.29 is 0 Å². The highest BCUT2D eigenvalue weighted by Gasteiger charge is 2.21. The first-order valence-electron chi connectivity index (χ1n) is 16.7. The minimum absolute atomic E-state index is 0.558. The van der Waals surface area contributed by atoms with E-state index < -0.39 is 0 Å². The lowest BCUT2D eigenvalue weighted by Gasteiger charge is -2.15. The molecule has 0 aliphatic carbocycles. The van der Waals surface area contributed by atoms with Gasteiger partial charge in [-0.05, 0) is 59.7 Å². The lowest BCUT2D eigenvalue weighted by atomic mass is 10.0. The zero-order chi connectivity index (χ0) is 33.0. The van der Waals surface area contributed by atoms with Crippen molar-refractivity contribution in [2.24, 2.45) is 0 Å². The number of benzene rings is 6. The molecular formula is C44H28N6. The van der Waals surface area contributed by atoms with E-state index in [1.54, 1.807) is 0 Å². The third-order valence-corrected chi connectivity index (χ3v) is 9.45. The highest BCUT2D eigenvalue weighted by molar-refractivity contribution is 6.10. The minimum atomic E-state index is 0.558. The Morgan fingerprint density at radius 1 is 0.380 bits per heavy atom. The van der Waals surface area contributed by atoms with Crippen molar-refractivity contribution in [2.45, 2.75) is 0 Å². The third-order valence-electron chi connectivity index (χ3n) is 9.45. The van der Waals surface area contributed by atoms with Crippen LogP contribution >= 0.6 is 0 Å². The number of hydrogen-bond donors (Lipinski definition) is 0. The van der Waals surface area contributed by atoms with Crippen LogP contribution in [0.5, 0.6) is 0 Å². The molecule has 0 N–H and O–H groups in total. The van der Waals surface area contributed by atoms with Gasteiger partial charge in [0.2, 0.25) is 5.95 Å². The summed E-state index contributed by atoms with van der Waals surface area (Å²) in [6.45, 7) is 0. The van der Waals surface area contributed by atoms with Crippen LogP contribution in [0.1, 0.15) is 0 Å². The molecule has 6 nitrogen and oxygen atoms in total. The molecule has 0 spiro atoms. The van der Waals surface area contributed by atoms with E-state index in [0.29, 0.717) is 17.6 Å². The molecule has 0 radical (unpaired) electrons. The molecule has 10 aromatic rings. The van der Waals surface area contributed by atoms with E-state index in [9.17, 15) is 0 Å². The Labute approximate surface area is 287 Å². The summed E-state index contributed by atoms with van der Waals surface area (Å²) in [5.41, 5.74) is 9.11. The molecule has 0 amide bonds. The molecule has 0 atom stereocenters. The molecular weight excluding hydrogens is 613 g/mol. The molecule has 0 saturated carbocycles. The molecule has 0 saturated heterocycles. The first-order valence-corrected chi connectivity index (χ1v) is 16.7. The van der Waals surface area contributed by atoms with Gasteiger partial charge in [0.25, 0.3) is 0 Å². The summed E-state index contributed by atoms with van der Waals surface area (Å²) in [4.78, 5) is 20.5. The largest absolute Gasteiger partial charge is 0.293 e. The van der Waals surface area contributed by atoms with Gasteiger partial charge in [-0.15, -0.1) is 0 Å². The number of hydrogen-bond acceptors (Lipinski definition) is 4. The van der Waals surface area contributed by atoms with E-state index in [4.69, 9.17) is 19.9 Å². The Morgan fingerprint density at radius 2 is 0.980 bits per heavy atom. The molecule has 234 valence electrons. The number of pyridine rings is 1. The SMILES string of the molecule is c1ccc(-c2ccc3c(c2)c2ccccc2n3-c2nc(-c3ccccc3)nc(-c3ccccc3-n3c4ccccc4c4cccnc43)n2)cc1. The number of aromatic nitrogens is 6. The Balaban J connectivity index is 1.25. The fourth-order valence-electron chi connectivity index (χ4n) is 7.20. The fourth-order valence-corrected chi connectivity index (χ4v) is 7.20. The van der Waals surface area contributed by atoms with Crippen LogP contribution in [-0.4, -0.2) is 29.1 Å². The standard InChI is InChI=1S/C44H28N6/c1-3-14-29(15-4-1)31-25-26-40-36(28-31)33-19-8-11-23-38(33)50(40)44-47-41(30-16-5-2-6-17-30)46-42(48-44)35-20-9-12-24-39(35)49-37-22-10-7-18-32(37)34-21-13-27-45-43(34)49/h1-28H. The minimum Gasteiger partial charge on any atom is -0.293 e. The van der Waals surface area contributed by atoms with Crippen LogP contribution in [0.4, 0.5) is 0 Å². The summed E-state index contributed by atoms with van der Waals surface area (Å²) >= 11 is 0. The monoisotopic (exact) mass is 640 g/mol. The second kappa shape index (κ2) is 11.4. The molecule has 0 bridgehead atoms. The summed E-state index contributed by atoms with van der Waals surface area (Å²) in [7, 11) is 0. The van der Waals surface area contributed by atoms with Crippen molar-refractivity contribution >= 4 is 43.7 Å². The van der Waals surface area contributed by atoms with Crippen molar-refractivity contribution in [2.75, 3.05) is 0 Å². The average molecular weight is 641 g/mol. The van der Waals surface area contributed by atoms with Crippen molar-refractivity contribution in [1.29, 1.82) is 0 Å². The molecule has 4 heterocycles. The normalized spacial score (nSPS) is 11.6. The number of fused-ring (bicyclic) bond motifs is 6. The maximum atomic E-state index is 5.29. The van der Waals surface area contributed by atoms with Gasteiger partial charge in [-0.3, -0.25) is 9.13 Å². The summed E-state index contributed by atoms with van der Waals surface area (Å²) < 4.78 is 4.39. The van der Waals surface area contributed by atoms with Crippen LogP contribution in [0.2, 0.25) is 0 Å². The number of rotatable bonds is 5. The first kappa shape index (κ1) is 28.1. The van der Waals surface area contributed by atoms with Crippen molar-refractivity contribution in [3.63, 3.8) is 0 Å². The van der Waals surface area contributed by atoms with Crippen LogP contribution < -0.4 is 0 Å². The summed E-state index contributed by atoms with van der Waals surface area (Å²) in [5, 5.41) is 4.52. The molecule has 0 unspecified atom stereocenters. The van der Waals surface area contributed by atoms with Gasteiger partial charge in [0.1, 0.15) is 5.65 Å². The van der Waals surface area contributed by atoms with Crippen molar-refractivity contribution in [1.82, 2.24) is 29.1 Å². The van der Waals surface area contributed by atoms with Gasteiger partial charge in [0.15, 0.2) is 11.6 Å². The Kier molecular flexibility index (Phi) is 6.39. The second-order valence-corrected chi connectivity index (χ2v) is 12.3. The predicted octanol–water partition coefficient (Wildman–Crippen LogP) is 10.5. The molecule has 0 aliphatic heterocycles. The zero-order valence-corrected chi connectivity index (χ0v) is 26.8. The quantitative estimate of drug-likeness (QED) is 0.188. The fraction of sp³-hybridized carbons (Fsp3) is 0. The van der Waals surface area contributed by atoms with E-state index in [-0.39, 0.29) is 0 Å². The summed E-state index contributed by atoms with van der Waals surface area (Å²) in [6, 6.07) is 56.6. The summed E-state index contributed by atoms with van der Waals surface area (Å²) in [6.07, 6.45) is 1.85. The second-order valence-electron chi connectivity index (χ2n) is 12.3. The molecule has 4 aromatic heterocycles. The van der Waals surface area contributed by atoms with Crippen LogP contribution in [0.25, 0.3) is 89.3 Å². The van der Waals surface area contributed by atoms with Crippen LogP contribution in [0, 0.1) is 0 Å². The predicted molar refractivity (Wildman–Crippen MR) is 203 cm³/mol. The van der Waals surface area contributed by atoms with Gasteiger partial charge in [0.05, 0.1) is 22.2 Å². The van der Waals surface area contributed by atoms with Gasteiger partial charge in [0, 0.05) is 38.9 Å². The smallest absolute Gasteiger partial charge is 0.238 e. The van der Waals surface area contributed by atoms with E-state index >= 15 is 0 Å². The van der Waals surface area contributed by atoms with Gasteiger partial charge in [-0.25, -0.2) is 9.97 Å². The maximum absolute atomic E-state index is 5.29. The Morgan fingerprint density at radius 3 is 1.78 bits per heavy atom. The third kappa shape index (κ3) is 4.43. The summed E-state index contributed by atoms with van der Waals surface area (Å²) in [5.74, 6) is 1.74. The van der Waals surface area contributed by atoms with Crippen LogP contribution in [0.3, 0.4) is 0 Å². The molecule has 0 aliphatic rings. The topological polar surface area (TPSA) is 61.4 Å². The van der Waals surface area contributed by atoms with Gasteiger partial charge >= 0.3 is 0 Å². The lowest BCUT2D eigenvalue weighted by molar-refractivity contribution is 0.951. The van der Waals surface area contributed by atoms with E-state index in [1.165, 1.54) is 5.56 Å². The number of nitrogens with zero attached hydrogens (tertiary/aromatic N) is 6. The van der Waals surface area contributed by atoms with Crippen LogP contribution in [0.15, 0.2) is 170 Å². The Hall–Kier alpha value is -6.92. The van der Waals surface area contributed by atoms with E-state index in [0.717, 1.165) is 66.1 Å². The molecule has 6 aromatic carbocycles. The maximum Gasteiger partial charge on any atom is 0.238 e. The Bertz CT molecular complexity index is 2820. The first-order chi connectivity index (χ1) is 24.8.